The van der Waals surface area contributed by atoms with Crippen LogP contribution >= 0.6 is 0 Å². The van der Waals surface area contributed by atoms with Crippen LogP contribution in [0.25, 0.3) is 0 Å². The second-order valence-corrected chi connectivity index (χ2v) is 3.17. The van der Waals surface area contributed by atoms with Gasteiger partial charge >= 0.3 is 18.1 Å². The van der Waals surface area contributed by atoms with Gasteiger partial charge in [-0.15, -0.1) is 0 Å². The fourth-order valence-electron chi connectivity index (χ4n) is 1.12. The van der Waals surface area contributed by atoms with Crippen molar-refractivity contribution in [2.24, 2.45) is 7.05 Å². The van der Waals surface area contributed by atoms with Crippen molar-refractivity contribution in [3.8, 4) is 0 Å². The van der Waals surface area contributed by atoms with Crippen molar-refractivity contribution in [3.63, 3.8) is 0 Å². The van der Waals surface area contributed by atoms with E-state index in [1.807, 2.05) is 0 Å². The minimum Gasteiger partial charge on any atom is -0.479 e. The molecule has 17 heavy (non-hydrogen) atoms. The predicted molar refractivity (Wildman–Crippen MR) is 47.8 cm³/mol. The molecule has 9 heteroatoms. The molecule has 1 aromatic heterocycles. The summed E-state index contributed by atoms with van der Waals surface area (Å²) < 4.78 is 37.2. The van der Waals surface area contributed by atoms with Gasteiger partial charge in [-0.3, -0.25) is 4.79 Å². The van der Waals surface area contributed by atoms with E-state index < -0.39 is 24.1 Å². The van der Waals surface area contributed by atoms with Crippen molar-refractivity contribution < 1.29 is 27.9 Å². The number of hydrogen-bond acceptors (Lipinski definition) is 3. The Morgan fingerprint density at radius 1 is 1.53 bits per heavy atom. The molecule has 1 atom stereocenters. The molecule has 94 valence electrons. The number of carbonyl (C=O) groups is 2. The Balaban J connectivity index is 2.94. The van der Waals surface area contributed by atoms with Crippen LogP contribution in [-0.4, -0.2) is 32.7 Å². The number of nitrogens with zero attached hydrogens (tertiary/aromatic N) is 2. The normalized spacial score (nSPS) is 13.2. The van der Waals surface area contributed by atoms with Gasteiger partial charge in [0.05, 0.1) is 18.2 Å². The smallest absolute Gasteiger partial charge is 0.471 e. The lowest BCUT2D eigenvalue weighted by Gasteiger charge is -2.15. The summed E-state index contributed by atoms with van der Waals surface area (Å²) in [6.07, 6.45) is -2.85. The van der Waals surface area contributed by atoms with Crippen LogP contribution in [0.5, 0.6) is 0 Å². The Hall–Kier alpha value is -2.06. The molecule has 0 fully saturated rings. The number of carboxylic acid groups (broad SMARTS) is 1. The van der Waals surface area contributed by atoms with Crippen LogP contribution in [-0.2, 0) is 16.6 Å². The lowest BCUT2D eigenvalue weighted by molar-refractivity contribution is -0.175. The van der Waals surface area contributed by atoms with Crippen LogP contribution in [0.2, 0.25) is 0 Å². The van der Waals surface area contributed by atoms with Gasteiger partial charge in [0.1, 0.15) is 0 Å². The highest BCUT2D eigenvalue weighted by Gasteiger charge is 2.41. The van der Waals surface area contributed by atoms with E-state index >= 15 is 0 Å². The molecule has 0 aliphatic rings. The van der Waals surface area contributed by atoms with Gasteiger partial charge in [-0.1, -0.05) is 0 Å². The third-order valence-electron chi connectivity index (χ3n) is 1.93. The van der Waals surface area contributed by atoms with E-state index in [4.69, 9.17) is 5.11 Å². The van der Waals surface area contributed by atoms with Crippen molar-refractivity contribution in [2.45, 2.75) is 12.2 Å². The lowest BCUT2D eigenvalue weighted by atomic mass is 10.2. The number of carbonyl (C=O) groups excluding carboxylic acids is 1. The van der Waals surface area contributed by atoms with Crippen LogP contribution in [0.1, 0.15) is 11.7 Å². The number of amides is 1. The zero-order chi connectivity index (χ0) is 13.2. The molecule has 1 aromatic rings. The summed E-state index contributed by atoms with van der Waals surface area (Å²) in [5.74, 6) is -3.92. The second kappa shape index (κ2) is 4.44. The number of aryl methyl sites for hydroxylation is 1. The number of rotatable bonds is 3. The largest absolute Gasteiger partial charge is 0.479 e. The standard InChI is InChI=1S/C8H8F3N3O3/c1-14-3-12-2-4(14)5(6(15)16)13-7(17)8(9,10)11/h2-3,5H,1H3,(H,13,17)(H,15,16). The minimum absolute atomic E-state index is 0.0601. The molecule has 0 spiro atoms. The fourth-order valence-corrected chi connectivity index (χ4v) is 1.12. The average Bonchev–Trinajstić information content (AvgIpc) is 2.58. The topological polar surface area (TPSA) is 84.2 Å². The maximum absolute atomic E-state index is 12.0. The molecule has 1 rings (SSSR count). The quantitative estimate of drug-likeness (QED) is 0.805. The highest BCUT2D eigenvalue weighted by Crippen LogP contribution is 2.18. The van der Waals surface area contributed by atoms with E-state index in [1.165, 1.54) is 23.3 Å². The molecule has 0 radical (unpaired) electrons. The van der Waals surface area contributed by atoms with Crippen molar-refractivity contribution >= 4 is 11.9 Å². The maximum atomic E-state index is 12.0. The zero-order valence-corrected chi connectivity index (χ0v) is 8.52. The Labute approximate surface area is 93.1 Å². The summed E-state index contributed by atoms with van der Waals surface area (Å²) in [7, 11) is 1.40. The summed E-state index contributed by atoms with van der Waals surface area (Å²) in [5.41, 5.74) is -0.0601. The van der Waals surface area contributed by atoms with E-state index in [9.17, 15) is 22.8 Å². The van der Waals surface area contributed by atoms with Crippen LogP contribution in [0.3, 0.4) is 0 Å². The zero-order valence-electron chi connectivity index (χ0n) is 8.52. The Bertz CT molecular complexity index is 441. The second-order valence-electron chi connectivity index (χ2n) is 3.17. The first-order valence-corrected chi connectivity index (χ1v) is 4.30. The molecular formula is C8H8F3N3O3. The molecular weight excluding hydrogens is 243 g/mol. The number of carboxylic acids is 1. The van der Waals surface area contributed by atoms with E-state index in [2.05, 4.69) is 4.98 Å². The Kier molecular flexibility index (Phi) is 3.39. The summed E-state index contributed by atoms with van der Waals surface area (Å²) in [5, 5.41) is 10.1. The van der Waals surface area contributed by atoms with Gasteiger partial charge in [0.15, 0.2) is 6.04 Å². The third-order valence-corrected chi connectivity index (χ3v) is 1.93. The molecule has 0 aliphatic carbocycles. The Morgan fingerprint density at radius 2 is 2.12 bits per heavy atom. The predicted octanol–water partition coefficient (Wildman–Crippen LogP) is 0.224. The molecule has 1 amide bonds. The van der Waals surface area contributed by atoms with Gasteiger partial charge in [-0.05, 0) is 0 Å². The summed E-state index contributed by atoms with van der Waals surface area (Å²) in [6.45, 7) is 0. The number of aromatic nitrogens is 2. The van der Waals surface area contributed by atoms with E-state index in [-0.39, 0.29) is 5.69 Å². The number of aliphatic carboxylic acids is 1. The van der Waals surface area contributed by atoms with Gasteiger partial charge in [-0.25, -0.2) is 9.78 Å². The van der Waals surface area contributed by atoms with Gasteiger partial charge in [0.2, 0.25) is 0 Å². The number of halogens is 3. The monoisotopic (exact) mass is 251 g/mol. The van der Waals surface area contributed by atoms with Crippen LogP contribution in [0, 0.1) is 0 Å². The van der Waals surface area contributed by atoms with Crippen LogP contribution < -0.4 is 5.32 Å². The van der Waals surface area contributed by atoms with Gasteiger partial charge in [0, 0.05) is 7.05 Å². The number of imidazole rings is 1. The number of alkyl halides is 3. The molecule has 0 aliphatic heterocycles. The fraction of sp³-hybridized carbons (Fsp3) is 0.375. The third kappa shape index (κ3) is 2.95. The summed E-state index contributed by atoms with van der Waals surface area (Å²) >= 11 is 0. The average molecular weight is 251 g/mol. The number of nitrogens with one attached hydrogen (secondary N) is 1. The molecule has 0 bridgehead atoms. The first-order chi connectivity index (χ1) is 7.73. The first kappa shape index (κ1) is 13.0. The molecule has 0 aromatic carbocycles. The minimum atomic E-state index is -5.13. The van der Waals surface area contributed by atoms with Crippen LogP contribution in [0.4, 0.5) is 13.2 Å². The van der Waals surface area contributed by atoms with Gasteiger partial charge in [0.25, 0.3) is 0 Å². The summed E-state index contributed by atoms with van der Waals surface area (Å²) in [6, 6.07) is -1.79. The van der Waals surface area contributed by atoms with Crippen molar-refractivity contribution in [1.29, 1.82) is 0 Å². The molecule has 0 saturated carbocycles. The number of hydrogen-bond donors (Lipinski definition) is 2. The van der Waals surface area contributed by atoms with Crippen LogP contribution in [0.15, 0.2) is 12.5 Å². The first-order valence-electron chi connectivity index (χ1n) is 4.30. The molecule has 0 saturated heterocycles. The van der Waals surface area contributed by atoms with E-state index in [0.29, 0.717) is 0 Å². The van der Waals surface area contributed by atoms with Crippen molar-refractivity contribution in [2.75, 3.05) is 0 Å². The molecule has 1 heterocycles. The lowest BCUT2D eigenvalue weighted by Crippen LogP contribution is -2.42. The molecule has 1 unspecified atom stereocenters. The van der Waals surface area contributed by atoms with Crippen molar-refractivity contribution in [3.05, 3.63) is 18.2 Å². The van der Waals surface area contributed by atoms with E-state index in [0.717, 1.165) is 6.20 Å². The summed E-state index contributed by atoms with van der Waals surface area (Å²) in [4.78, 5) is 25.0. The van der Waals surface area contributed by atoms with Gasteiger partial charge < -0.3 is 15.0 Å². The maximum Gasteiger partial charge on any atom is 0.471 e. The molecule has 6 nitrogen and oxygen atoms in total. The SMILES string of the molecule is Cn1cncc1C(NC(=O)C(F)(F)F)C(=O)O. The van der Waals surface area contributed by atoms with Gasteiger partial charge in [-0.2, -0.15) is 13.2 Å². The highest BCUT2D eigenvalue weighted by atomic mass is 19.4. The van der Waals surface area contributed by atoms with E-state index in [1.54, 1.807) is 0 Å². The molecule has 2 N–H and O–H groups in total. The Morgan fingerprint density at radius 3 is 2.47 bits per heavy atom. The highest BCUT2D eigenvalue weighted by molar-refractivity contribution is 5.87. The van der Waals surface area contributed by atoms with Crippen molar-refractivity contribution in [1.82, 2.24) is 14.9 Å².